The maximum Gasteiger partial charge on any atom is 0.408 e. The van der Waals surface area contributed by atoms with E-state index in [1.807, 2.05) is 24.3 Å². The van der Waals surface area contributed by atoms with E-state index in [-0.39, 0.29) is 5.91 Å². The molecule has 0 spiro atoms. The van der Waals surface area contributed by atoms with Crippen molar-refractivity contribution in [3.63, 3.8) is 0 Å². The average Bonchev–Trinajstić information content (AvgIpc) is 2.71. The third-order valence-corrected chi connectivity index (χ3v) is 6.34. The van der Waals surface area contributed by atoms with Crippen LogP contribution in [0.15, 0.2) is 24.3 Å². The number of carbonyl (C=O) groups is 2. The Morgan fingerprint density at radius 2 is 1.94 bits per heavy atom. The van der Waals surface area contributed by atoms with Crippen LogP contribution in [0, 0.1) is 0 Å². The third-order valence-electron chi connectivity index (χ3n) is 5.15. The van der Waals surface area contributed by atoms with Gasteiger partial charge in [-0.3, -0.25) is 4.79 Å². The lowest BCUT2D eigenvalue weighted by Gasteiger charge is -2.32. The number of alkyl carbamates (subject to hydrolysis) is 1. The number of amides is 2. The van der Waals surface area contributed by atoms with Gasteiger partial charge in [-0.15, -0.1) is 0 Å². The Hall–Kier alpha value is -1.93. The average molecular weight is 452 g/mol. The predicted molar refractivity (Wildman–Crippen MR) is 126 cm³/mol. The fourth-order valence-electron chi connectivity index (χ4n) is 3.37. The van der Waals surface area contributed by atoms with Crippen LogP contribution >= 0.6 is 11.8 Å². The van der Waals surface area contributed by atoms with E-state index in [1.54, 1.807) is 39.6 Å². The number of hydrogen-bond acceptors (Lipinski definition) is 6. The van der Waals surface area contributed by atoms with Gasteiger partial charge in [-0.25, -0.2) is 4.79 Å². The fourth-order valence-corrected chi connectivity index (χ4v) is 4.66. The highest BCUT2D eigenvalue weighted by Crippen LogP contribution is 2.20. The van der Waals surface area contributed by atoms with Crippen molar-refractivity contribution in [3.05, 3.63) is 29.8 Å². The number of rotatable bonds is 9. The van der Waals surface area contributed by atoms with Crippen LogP contribution in [-0.4, -0.2) is 66.8 Å². The van der Waals surface area contributed by atoms with E-state index in [2.05, 4.69) is 22.6 Å². The zero-order valence-corrected chi connectivity index (χ0v) is 20.2. The van der Waals surface area contributed by atoms with Gasteiger partial charge in [-0.2, -0.15) is 11.8 Å². The molecule has 0 aromatic heterocycles. The molecule has 1 unspecified atom stereocenters. The molecule has 2 rings (SSSR count). The smallest absolute Gasteiger partial charge is 0.408 e. The molecule has 7 nitrogen and oxygen atoms in total. The predicted octanol–water partition coefficient (Wildman–Crippen LogP) is 3.42. The van der Waals surface area contributed by atoms with Crippen molar-refractivity contribution in [2.24, 2.45) is 0 Å². The summed E-state index contributed by atoms with van der Waals surface area (Å²) in [6.07, 6.45) is 3.09. The van der Waals surface area contributed by atoms with E-state index >= 15 is 0 Å². The minimum Gasteiger partial charge on any atom is -0.497 e. The van der Waals surface area contributed by atoms with E-state index in [1.165, 1.54) is 19.3 Å². The molecular formula is C23H37N3O4S. The number of piperidine rings is 1. The lowest BCUT2D eigenvalue weighted by molar-refractivity contribution is -0.122. The van der Waals surface area contributed by atoms with Crippen LogP contribution in [0.4, 0.5) is 4.79 Å². The van der Waals surface area contributed by atoms with Crippen LogP contribution < -0.4 is 15.4 Å². The van der Waals surface area contributed by atoms with Crippen molar-refractivity contribution >= 4 is 23.8 Å². The minimum atomic E-state index is -0.660. The Labute approximate surface area is 190 Å². The normalized spacial score (nSPS) is 18.2. The van der Waals surface area contributed by atoms with Crippen LogP contribution in [0.25, 0.3) is 0 Å². The molecule has 2 atom stereocenters. The standard InChI is InChI=1S/C23H37N3O4S/c1-23(2,3)30-22(28)25-20(16-31-15-18-8-6-7-13-26(18)4)21(27)24-14-17-9-11-19(29-5)12-10-17/h9-12,18,20H,6-8,13-16H2,1-5H3,(H,24,27)(H,25,28)/t18?,20-/m0/s1. The Morgan fingerprint density at radius 3 is 2.55 bits per heavy atom. The zero-order chi connectivity index (χ0) is 22.9. The molecule has 1 aliphatic heterocycles. The monoisotopic (exact) mass is 451 g/mol. The maximum absolute atomic E-state index is 12.9. The van der Waals surface area contributed by atoms with Gasteiger partial charge in [-0.05, 0) is 64.9 Å². The van der Waals surface area contributed by atoms with Gasteiger partial charge >= 0.3 is 6.09 Å². The van der Waals surface area contributed by atoms with E-state index in [0.717, 1.165) is 23.6 Å². The lowest BCUT2D eigenvalue weighted by atomic mass is 10.1. The molecule has 1 heterocycles. The van der Waals surface area contributed by atoms with Crippen LogP contribution in [0.5, 0.6) is 5.75 Å². The molecule has 8 heteroatoms. The van der Waals surface area contributed by atoms with Crippen molar-refractivity contribution in [2.75, 3.05) is 32.2 Å². The molecule has 0 bridgehead atoms. The first kappa shape index (κ1) is 25.3. The van der Waals surface area contributed by atoms with Crippen molar-refractivity contribution in [3.8, 4) is 5.75 Å². The summed E-state index contributed by atoms with van der Waals surface area (Å²) in [5.74, 6) is 1.99. The first-order valence-corrected chi connectivity index (χ1v) is 12.0. The molecule has 174 valence electrons. The Balaban J connectivity index is 1.92. The largest absolute Gasteiger partial charge is 0.497 e. The summed E-state index contributed by atoms with van der Waals surface area (Å²) in [5.41, 5.74) is 0.341. The highest BCUT2D eigenvalue weighted by Gasteiger charge is 2.25. The molecular weight excluding hydrogens is 414 g/mol. The molecule has 1 fully saturated rings. The summed E-state index contributed by atoms with van der Waals surface area (Å²) in [6, 6.07) is 7.38. The highest BCUT2D eigenvalue weighted by molar-refractivity contribution is 7.99. The number of benzene rings is 1. The molecule has 2 N–H and O–H groups in total. The zero-order valence-electron chi connectivity index (χ0n) is 19.4. The van der Waals surface area contributed by atoms with Gasteiger partial charge in [-0.1, -0.05) is 18.6 Å². The van der Waals surface area contributed by atoms with E-state index in [4.69, 9.17) is 9.47 Å². The summed E-state index contributed by atoms with van der Waals surface area (Å²) in [5, 5.41) is 5.68. The molecule has 1 saturated heterocycles. The molecule has 0 aliphatic carbocycles. The molecule has 0 saturated carbocycles. The van der Waals surface area contributed by atoms with Crippen molar-refractivity contribution < 1.29 is 19.1 Å². The van der Waals surface area contributed by atoms with Crippen molar-refractivity contribution in [1.82, 2.24) is 15.5 Å². The Bertz CT molecular complexity index is 706. The second-order valence-electron chi connectivity index (χ2n) is 8.93. The maximum atomic E-state index is 12.9. The van der Waals surface area contributed by atoms with Crippen molar-refractivity contribution in [2.45, 2.75) is 64.3 Å². The SMILES string of the molecule is COc1ccc(CNC(=O)[C@H](CSCC2CCCCN2C)NC(=O)OC(C)(C)C)cc1. The summed E-state index contributed by atoms with van der Waals surface area (Å²) < 4.78 is 10.5. The number of hydrogen-bond donors (Lipinski definition) is 2. The summed E-state index contributed by atoms with van der Waals surface area (Å²) in [6.45, 7) is 6.91. The van der Waals surface area contributed by atoms with Gasteiger partial charge in [0.15, 0.2) is 0 Å². The highest BCUT2D eigenvalue weighted by atomic mass is 32.2. The number of nitrogens with zero attached hydrogens (tertiary/aromatic N) is 1. The Morgan fingerprint density at radius 1 is 1.23 bits per heavy atom. The number of likely N-dealkylation sites (tertiary alicyclic amines) is 1. The first-order valence-electron chi connectivity index (χ1n) is 10.9. The van der Waals surface area contributed by atoms with Gasteiger partial charge in [0.1, 0.15) is 17.4 Å². The van der Waals surface area contributed by atoms with Crippen LogP contribution in [-0.2, 0) is 16.1 Å². The first-order chi connectivity index (χ1) is 14.7. The van der Waals surface area contributed by atoms with Crippen molar-refractivity contribution in [1.29, 1.82) is 0 Å². The molecule has 1 aromatic carbocycles. The minimum absolute atomic E-state index is 0.217. The Kier molecular flexibility index (Phi) is 9.96. The van der Waals surface area contributed by atoms with Gasteiger partial charge in [0.2, 0.25) is 5.91 Å². The van der Waals surface area contributed by atoms with Gasteiger partial charge in [0.25, 0.3) is 0 Å². The number of methoxy groups -OCH3 is 1. The van der Waals surface area contributed by atoms with Gasteiger partial charge in [0, 0.05) is 24.1 Å². The van der Waals surface area contributed by atoms with E-state index in [0.29, 0.717) is 18.3 Å². The second kappa shape index (κ2) is 12.2. The third kappa shape index (κ3) is 9.39. The number of carbonyl (C=O) groups excluding carboxylic acids is 2. The molecule has 2 amide bonds. The molecule has 31 heavy (non-hydrogen) atoms. The fraction of sp³-hybridized carbons (Fsp3) is 0.652. The summed E-state index contributed by atoms with van der Waals surface area (Å²) in [4.78, 5) is 27.5. The summed E-state index contributed by atoms with van der Waals surface area (Å²) >= 11 is 1.70. The van der Waals surface area contributed by atoms with Gasteiger partial charge in [0.05, 0.1) is 7.11 Å². The van der Waals surface area contributed by atoms with E-state index < -0.39 is 17.7 Å². The number of ether oxygens (including phenoxy) is 2. The number of thioether (sulfide) groups is 1. The molecule has 0 radical (unpaired) electrons. The summed E-state index contributed by atoms with van der Waals surface area (Å²) in [7, 11) is 3.77. The molecule has 1 aliphatic rings. The number of nitrogens with one attached hydrogen (secondary N) is 2. The quantitative estimate of drug-likeness (QED) is 0.599. The second-order valence-corrected chi connectivity index (χ2v) is 10.0. The molecule has 1 aromatic rings. The topological polar surface area (TPSA) is 79.9 Å². The lowest BCUT2D eigenvalue weighted by Crippen LogP contribution is -2.49. The van der Waals surface area contributed by atoms with Crippen LogP contribution in [0.3, 0.4) is 0 Å². The van der Waals surface area contributed by atoms with Gasteiger partial charge < -0.3 is 25.0 Å². The van der Waals surface area contributed by atoms with E-state index in [9.17, 15) is 9.59 Å². The van der Waals surface area contributed by atoms with Crippen LogP contribution in [0.1, 0.15) is 45.6 Å². The van der Waals surface area contributed by atoms with Crippen LogP contribution in [0.2, 0.25) is 0 Å².